The highest BCUT2D eigenvalue weighted by atomic mass is 16.6. The molecule has 0 saturated heterocycles. The third-order valence-electron chi connectivity index (χ3n) is 5.40. The third kappa shape index (κ3) is 6.48. The second kappa shape index (κ2) is 10.3. The average molecular weight is 426 g/mol. The largest absolute Gasteiger partial charge is 0.497 e. The third-order valence-corrected chi connectivity index (χ3v) is 5.40. The highest BCUT2D eigenvalue weighted by molar-refractivity contribution is 5.81. The fourth-order valence-electron chi connectivity index (χ4n) is 3.53. The Kier molecular flexibility index (Phi) is 7.55. The van der Waals surface area contributed by atoms with Gasteiger partial charge in [-0.3, -0.25) is 4.79 Å². The normalized spacial score (nSPS) is 13.1. The zero-order chi connectivity index (χ0) is 22.4. The molecule has 0 aliphatic heterocycles. The fraction of sp³-hybridized carbons (Fsp3) is 0.440. The fourth-order valence-corrected chi connectivity index (χ4v) is 3.53. The Hall–Kier alpha value is -3.02. The van der Waals surface area contributed by atoms with Crippen molar-refractivity contribution in [3.8, 4) is 11.5 Å². The Labute approximate surface area is 184 Å². The molecule has 0 N–H and O–H groups in total. The predicted molar refractivity (Wildman–Crippen MR) is 118 cm³/mol. The van der Waals surface area contributed by atoms with Gasteiger partial charge in [-0.1, -0.05) is 32.0 Å². The van der Waals surface area contributed by atoms with Crippen LogP contribution in [0.5, 0.6) is 11.5 Å². The summed E-state index contributed by atoms with van der Waals surface area (Å²) < 4.78 is 15.9. The molecule has 1 fully saturated rings. The number of ether oxygens (including phenoxy) is 3. The standard InChI is InChI=1S/C25H31NO5/c1-17(2)23-12-11-22(13-18(23)3)30-16-25(28)31-15-24(27)26(20-7-8-20)14-19-5-9-21(29-4)10-6-19/h5-6,9-13,17,20H,7-8,14-16H2,1-4H3. The molecule has 1 amide bonds. The Morgan fingerprint density at radius 1 is 1.03 bits per heavy atom. The van der Waals surface area contributed by atoms with Crippen molar-refractivity contribution in [2.45, 2.75) is 52.1 Å². The van der Waals surface area contributed by atoms with Crippen LogP contribution in [0.25, 0.3) is 0 Å². The molecule has 0 heterocycles. The maximum absolute atomic E-state index is 12.7. The van der Waals surface area contributed by atoms with Crippen LogP contribution in [0.4, 0.5) is 0 Å². The quantitative estimate of drug-likeness (QED) is 0.533. The van der Waals surface area contributed by atoms with Gasteiger partial charge >= 0.3 is 5.97 Å². The number of methoxy groups -OCH3 is 1. The number of rotatable bonds is 10. The van der Waals surface area contributed by atoms with Crippen molar-refractivity contribution in [1.82, 2.24) is 4.90 Å². The maximum Gasteiger partial charge on any atom is 0.344 e. The molecule has 0 unspecified atom stereocenters. The SMILES string of the molecule is COc1ccc(CN(C(=O)COC(=O)COc2ccc(C(C)C)c(C)c2)C2CC2)cc1. The number of esters is 1. The van der Waals surface area contributed by atoms with Crippen molar-refractivity contribution in [1.29, 1.82) is 0 Å². The van der Waals surface area contributed by atoms with E-state index in [2.05, 4.69) is 13.8 Å². The molecule has 31 heavy (non-hydrogen) atoms. The Morgan fingerprint density at radius 2 is 1.71 bits per heavy atom. The second-order valence-electron chi connectivity index (χ2n) is 8.22. The van der Waals surface area contributed by atoms with E-state index in [-0.39, 0.29) is 25.2 Å². The first-order chi connectivity index (χ1) is 14.9. The van der Waals surface area contributed by atoms with Crippen LogP contribution in [-0.2, 0) is 20.9 Å². The van der Waals surface area contributed by atoms with E-state index in [0.29, 0.717) is 18.2 Å². The van der Waals surface area contributed by atoms with Gasteiger partial charge in [-0.05, 0) is 66.6 Å². The molecule has 0 aromatic heterocycles. The summed E-state index contributed by atoms with van der Waals surface area (Å²) in [4.78, 5) is 26.5. The van der Waals surface area contributed by atoms with Crippen molar-refractivity contribution in [2.75, 3.05) is 20.3 Å². The molecular formula is C25H31NO5. The Bertz CT molecular complexity index is 903. The zero-order valence-corrected chi connectivity index (χ0v) is 18.7. The number of hydrogen-bond acceptors (Lipinski definition) is 5. The second-order valence-corrected chi connectivity index (χ2v) is 8.22. The summed E-state index contributed by atoms with van der Waals surface area (Å²) in [7, 11) is 1.62. The van der Waals surface area contributed by atoms with E-state index in [1.54, 1.807) is 12.0 Å². The first kappa shape index (κ1) is 22.7. The minimum atomic E-state index is -0.556. The summed E-state index contributed by atoms with van der Waals surface area (Å²) in [5.41, 5.74) is 3.38. The molecule has 0 radical (unpaired) electrons. The van der Waals surface area contributed by atoms with Gasteiger partial charge in [-0.2, -0.15) is 0 Å². The highest BCUT2D eigenvalue weighted by Gasteiger charge is 2.33. The summed E-state index contributed by atoms with van der Waals surface area (Å²) in [6.07, 6.45) is 1.95. The van der Waals surface area contributed by atoms with Gasteiger partial charge in [0.1, 0.15) is 11.5 Å². The van der Waals surface area contributed by atoms with E-state index < -0.39 is 5.97 Å². The molecule has 2 aromatic carbocycles. The molecule has 2 aromatic rings. The smallest absolute Gasteiger partial charge is 0.344 e. The van der Waals surface area contributed by atoms with E-state index in [0.717, 1.165) is 29.7 Å². The van der Waals surface area contributed by atoms with E-state index in [4.69, 9.17) is 14.2 Å². The number of aryl methyl sites for hydroxylation is 1. The number of hydrogen-bond donors (Lipinski definition) is 0. The minimum absolute atomic E-state index is 0.191. The molecule has 1 aliphatic rings. The van der Waals surface area contributed by atoms with Crippen LogP contribution in [-0.4, -0.2) is 43.1 Å². The van der Waals surface area contributed by atoms with Crippen LogP contribution in [0.2, 0.25) is 0 Å². The van der Waals surface area contributed by atoms with E-state index >= 15 is 0 Å². The summed E-state index contributed by atoms with van der Waals surface area (Å²) in [6, 6.07) is 13.6. The van der Waals surface area contributed by atoms with Gasteiger partial charge in [-0.15, -0.1) is 0 Å². The summed E-state index contributed by atoms with van der Waals surface area (Å²) in [5, 5.41) is 0. The lowest BCUT2D eigenvalue weighted by molar-refractivity contribution is -0.154. The van der Waals surface area contributed by atoms with Crippen LogP contribution in [0, 0.1) is 6.92 Å². The van der Waals surface area contributed by atoms with Crippen molar-refractivity contribution in [3.63, 3.8) is 0 Å². The highest BCUT2D eigenvalue weighted by Crippen LogP contribution is 2.29. The van der Waals surface area contributed by atoms with Crippen molar-refractivity contribution < 1.29 is 23.8 Å². The number of benzene rings is 2. The molecule has 0 bridgehead atoms. The van der Waals surface area contributed by atoms with Gasteiger partial charge < -0.3 is 19.1 Å². The van der Waals surface area contributed by atoms with Gasteiger partial charge in [0.2, 0.25) is 0 Å². The van der Waals surface area contributed by atoms with Gasteiger partial charge in [0.05, 0.1) is 7.11 Å². The summed E-state index contributed by atoms with van der Waals surface area (Å²) >= 11 is 0. The lowest BCUT2D eigenvalue weighted by Gasteiger charge is -2.22. The first-order valence-corrected chi connectivity index (χ1v) is 10.7. The first-order valence-electron chi connectivity index (χ1n) is 10.7. The van der Waals surface area contributed by atoms with Gasteiger partial charge in [0, 0.05) is 12.6 Å². The average Bonchev–Trinajstić information content (AvgIpc) is 3.59. The lowest BCUT2D eigenvalue weighted by atomic mass is 9.98. The van der Waals surface area contributed by atoms with E-state index in [1.807, 2.05) is 49.4 Å². The van der Waals surface area contributed by atoms with Crippen LogP contribution in [0.15, 0.2) is 42.5 Å². The van der Waals surface area contributed by atoms with E-state index in [9.17, 15) is 9.59 Å². The van der Waals surface area contributed by atoms with E-state index in [1.165, 1.54) is 5.56 Å². The van der Waals surface area contributed by atoms with Crippen LogP contribution in [0.1, 0.15) is 49.3 Å². The summed E-state index contributed by atoms with van der Waals surface area (Å²) in [5.74, 6) is 1.07. The molecule has 1 saturated carbocycles. The topological polar surface area (TPSA) is 65.1 Å². The number of carbonyl (C=O) groups is 2. The molecule has 0 atom stereocenters. The summed E-state index contributed by atoms with van der Waals surface area (Å²) in [6.45, 7) is 6.28. The molecule has 166 valence electrons. The molecule has 3 rings (SSSR count). The predicted octanol–water partition coefficient (Wildman–Crippen LogP) is 4.24. The Morgan fingerprint density at radius 3 is 2.29 bits per heavy atom. The van der Waals surface area contributed by atoms with Crippen molar-refractivity contribution in [2.24, 2.45) is 0 Å². The molecule has 6 heteroatoms. The molecule has 6 nitrogen and oxygen atoms in total. The minimum Gasteiger partial charge on any atom is -0.497 e. The van der Waals surface area contributed by atoms with Crippen LogP contribution < -0.4 is 9.47 Å². The lowest BCUT2D eigenvalue weighted by Crippen LogP contribution is -2.36. The number of carbonyl (C=O) groups excluding carboxylic acids is 2. The van der Waals surface area contributed by atoms with Gasteiger partial charge in [0.15, 0.2) is 13.2 Å². The number of amides is 1. The Balaban J connectivity index is 1.47. The van der Waals surface area contributed by atoms with Crippen LogP contribution in [0.3, 0.4) is 0 Å². The van der Waals surface area contributed by atoms with Crippen molar-refractivity contribution >= 4 is 11.9 Å². The molecular weight excluding hydrogens is 394 g/mol. The maximum atomic E-state index is 12.7. The monoisotopic (exact) mass is 425 g/mol. The van der Waals surface area contributed by atoms with Gasteiger partial charge in [0.25, 0.3) is 5.91 Å². The number of nitrogens with zero attached hydrogens (tertiary/aromatic N) is 1. The molecule has 0 spiro atoms. The van der Waals surface area contributed by atoms with Gasteiger partial charge in [-0.25, -0.2) is 4.79 Å². The van der Waals surface area contributed by atoms with Crippen molar-refractivity contribution in [3.05, 3.63) is 59.2 Å². The zero-order valence-electron chi connectivity index (χ0n) is 18.7. The van der Waals surface area contributed by atoms with Crippen LogP contribution >= 0.6 is 0 Å². The molecule has 1 aliphatic carbocycles.